The largest absolute Gasteiger partial charge is 0.394 e. The third-order valence-corrected chi connectivity index (χ3v) is 13.1. The Balaban J connectivity index is 3.46. The fourth-order valence-corrected chi connectivity index (χ4v) is 8.67. The van der Waals surface area contributed by atoms with Crippen LogP contribution in [0.3, 0.4) is 0 Å². The molecule has 0 aliphatic carbocycles. The summed E-state index contributed by atoms with van der Waals surface area (Å²) in [6.07, 6.45) is 72.2. The molecule has 0 rings (SSSR count). The van der Waals surface area contributed by atoms with Gasteiger partial charge in [0.25, 0.3) is 0 Å². The molecule has 1 amide bonds. The van der Waals surface area contributed by atoms with E-state index in [9.17, 15) is 20.1 Å². The van der Waals surface area contributed by atoms with Gasteiger partial charge in [0.15, 0.2) is 0 Å². The summed E-state index contributed by atoms with van der Waals surface area (Å²) in [7, 11) is 0. The molecule has 3 atom stereocenters. The van der Waals surface area contributed by atoms with Crippen molar-refractivity contribution in [1.29, 1.82) is 0 Å². The molecular formula is C59H111NO4. The Labute approximate surface area is 399 Å². The Morgan fingerprint density at radius 3 is 1.00 bits per heavy atom. The lowest BCUT2D eigenvalue weighted by Gasteiger charge is -2.21. The van der Waals surface area contributed by atoms with Crippen LogP contribution in [0, 0.1) is 0 Å². The van der Waals surface area contributed by atoms with Crippen LogP contribution in [0.1, 0.15) is 296 Å². The first kappa shape index (κ1) is 62.3. The summed E-state index contributed by atoms with van der Waals surface area (Å²) >= 11 is 0. The van der Waals surface area contributed by atoms with E-state index in [0.717, 1.165) is 44.9 Å². The lowest BCUT2D eigenvalue weighted by atomic mass is 10.0. The number of carbonyl (C=O) groups excluding carboxylic acids is 1. The third-order valence-electron chi connectivity index (χ3n) is 13.1. The fourth-order valence-electron chi connectivity index (χ4n) is 8.67. The summed E-state index contributed by atoms with van der Waals surface area (Å²) in [5, 5.41) is 33.1. The predicted octanol–water partition coefficient (Wildman–Crippen LogP) is 17.6. The minimum Gasteiger partial charge on any atom is -0.394 e. The van der Waals surface area contributed by atoms with Crippen LogP contribution in [0.5, 0.6) is 0 Å². The van der Waals surface area contributed by atoms with Gasteiger partial charge in [0.2, 0.25) is 5.91 Å². The van der Waals surface area contributed by atoms with Gasteiger partial charge in [-0.15, -0.1) is 0 Å². The molecule has 0 heterocycles. The van der Waals surface area contributed by atoms with Gasteiger partial charge in [0.1, 0.15) is 6.10 Å². The monoisotopic (exact) mass is 898 g/mol. The summed E-state index contributed by atoms with van der Waals surface area (Å²) in [6, 6.07) is -0.820. The van der Waals surface area contributed by atoms with E-state index in [1.165, 1.54) is 231 Å². The Bertz CT molecular complexity index is 1040. The van der Waals surface area contributed by atoms with E-state index in [1.807, 2.05) is 6.08 Å². The average Bonchev–Trinajstić information content (AvgIpc) is 3.30. The van der Waals surface area contributed by atoms with E-state index < -0.39 is 24.2 Å². The summed E-state index contributed by atoms with van der Waals surface area (Å²) < 4.78 is 0. The number of hydrogen-bond donors (Lipinski definition) is 4. The second-order valence-corrected chi connectivity index (χ2v) is 19.5. The van der Waals surface area contributed by atoms with Gasteiger partial charge >= 0.3 is 0 Å². The topological polar surface area (TPSA) is 89.8 Å². The molecule has 5 heteroatoms. The van der Waals surface area contributed by atoms with Crippen molar-refractivity contribution < 1.29 is 20.1 Å². The Morgan fingerprint density at radius 2 is 0.656 bits per heavy atom. The zero-order valence-electron chi connectivity index (χ0n) is 42.9. The van der Waals surface area contributed by atoms with E-state index >= 15 is 0 Å². The number of unbranched alkanes of at least 4 members (excludes halogenated alkanes) is 38. The van der Waals surface area contributed by atoms with Crippen molar-refractivity contribution in [3.05, 3.63) is 48.6 Å². The fraction of sp³-hybridized carbons (Fsp3) is 0.847. The quantitative estimate of drug-likeness (QED) is 0.0362. The van der Waals surface area contributed by atoms with Crippen LogP contribution in [0.2, 0.25) is 0 Å². The Kier molecular flexibility index (Phi) is 52.5. The van der Waals surface area contributed by atoms with Gasteiger partial charge in [0.05, 0.1) is 18.8 Å². The van der Waals surface area contributed by atoms with Crippen LogP contribution in [0.25, 0.3) is 0 Å². The van der Waals surface area contributed by atoms with Crippen LogP contribution >= 0.6 is 0 Å². The van der Waals surface area contributed by atoms with Gasteiger partial charge in [0, 0.05) is 0 Å². The smallest absolute Gasteiger partial charge is 0.249 e. The summed E-state index contributed by atoms with van der Waals surface area (Å²) in [6.45, 7) is 4.13. The molecule has 4 N–H and O–H groups in total. The minimum atomic E-state index is -1.11. The van der Waals surface area contributed by atoms with Crippen molar-refractivity contribution in [3.63, 3.8) is 0 Å². The second-order valence-electron chi connectivity index (χ2n) is 19.5. The van der Waals surface area contributed by atoms with Crippen molar-refractivity contribution in [2.75, 3.05) is 6.61 Å². The lowest BCUT2D eigenvalue weighted by molar-refractivity contribution is -0.131. The van der Waals surface area contributed by atoms with E-state index in [4.69, 9.17) is 0 Å². The molecule has 0 radical (unpaired) electrons. The van der Waals surface area contributed by atoms with E-state index in [2.05, 4.69) is 55.6 Å². The van der Waals surface area contributed by atoms with E-state index in [1.54, 1.807) is 6.08 Å². The number of carbonyl (C=O) groups is 1. The zero-order chi connectivity index (χ0) is 46.5. The first-order chi connectivity index (χ1) is 31.6. The molecule has 0 saturated heterocycles. The average molecular weight is 899 g/mol. The maximum absolute atomic E-state index is 12.5. The van der Waals surface area contributed by atoms with Crippen LogP contribution in [0.4, 0.5) is 0 Å². The highest BCUT2D eigenvalue weighted by Crippen LogP contribution is 2.17. The number of aliphatic hydroxyl groups is 3. The standard InChI is InChI=1S/C59H111NO4/c1-3-5-7-9-11-13-15-17-18-19-20-21-22-23-24-25-26-27-28-29-30-31-32-33-34-35-36-37-38-39-40-41-42-44-46-48-50-52-54-58(63)59(64)60-56(55-61)57(62)53-51-49-47-45-43-16-14-12-10-8-6-4-2/h10,12,29-30,43,45,51,53,56-58,61-63H,3-9,11,13-28,31-42,44,46-50,52,54-55H2,1-2H3,(H,60,64)/b12-10+,30-29-,45-43+,53-51+. The normalized spacial score (nSPS) is 13.6. The van der Waals surface area contributed by atoms with Gasteiger partial charge < -0.3 is 20.6 Å². The van der Waals surface area contributed by atoms with Gasteiger partial charge in [-0.25, -0.2) is 0 Å². The maximum atomic E-state index is 12.5. The van der Waals surface area contributed by atoms with Crippen molar-refractivity contribution >= 4 is 5.91 Å². The minimum absolute atomic E-state index is 0.381. The first-order valence-corrected chi connectivity index (χ1v) is 28.5. The van der Waals surface area contributed by atoms with Crippen molar-refractivity contribution in [1.82, 2.24) is 5.32 Å². The molecule has 0 saturated carbocycles. The number of aliphatic hydroxyl groups excluding tert-OH is 3. The van der Waals surface area contributed by atoms with Gasteiger partial charge in [-0.1, -0.05) is 281 Å². The van der Waals surface area contributed by atoms with Crippen molar-refractivity contribution in [2.24, 2.45) is 0 Å². The van der Waals surface area contributed by atoms with Crippen molar-refractivity contribution in [3.8, 4) is 0 Å². The van der Waals surface area contributed by atoms with E-state index in [-0.39, 0.29) is 6.61 Å². The number of allylic oxidation sites excluding steroid dienone is 7. The Hall–Kier alpha value is -1.69. The van der Waals surface area contributed by atoms with Crippen molar-refractivity contribution in [2.45, 2.75) is 315 Å². The maximum Gasteiger partial charge on any atom is 0.249 e. The van der Waals surface area contributed by atoms with Gasteiger partial charge in [-0.2, -0.15) is 0 Å². The highest BCUT2D eigenvalue weighted by molar-refractivity contribution is 5.80. The molecule has 3 unspecified atom stereocenters. The van der Waals surface area contributed by atoms with Crippen LogP contribution in [-0.4, -0.2) is 46.1 Å². The Morgan fingerprint density at radius 1 is 0.375 bits per heavy atom. The molecule has 0 fully saturated rings. The van der Waals surface area contributed by atoms with Crippen LogP contribution in [0.15, 0.2) is 48.6 Å². The lowest BCUT2D eigenvalue weighted by Crippen LogP contribution is -2.48. The number of amides is 1. The second kappa shape index (κ2) is 53.9. The van der Waals surface area contributed by atoms with Crippen LogP contribution in [-0.2, 0) is 4.79 Å². The summed E-state index contributed by atoms with van der Waals surface area (Å²) in [4.78, 5) is 12.5. The summed E-state index contributed by atoms with van der Waals surface area (Å²) in [5.74, 6) is -0.516. The van der Waals surface area contributed by atoms with Gasteiger partial charge in [-0.05, 0) is 64.2 Å². The molecule has 0 aliphatic heterocycles. The molecule has 0 aromatic rings. The molecular weight excluding hydrogens is 787 g/mol. The molecule has 5 nitrogen and oxygen atoms in total. The molecule has 0 aliphatic rings. The molecule has 0 aromatic carbocycles. The molecule has 64 heavy (non-hydrogen) atoms. The summed E-state index contributed by atoms with van der Waals surface area (Å²) in [5.41, 5.74) is 0. The third kappa shape index (κ3) is 48.2. The molecule has 0 spiro atoms. The van der Waals surface area contributed by atoms with E-state index in [0.29, 0.717) is 6.42 Å². The number of rotatable bonds is 52. The zero-order valence-corrected chi connectivity index (χ0v) is 42.9. The van der Waals surface area contributed by atoms with Crippen LogP contribution < -0.4 is 5.32 Å². The molecule has 376 valence electrons. The predicted molar refractivity (Wildman–Crippen MR) is 282 cm³/mol. The molecule has 0 bridgehead atoms. The number of hydrogen-bond acceptors (Lipinski definition) is 4. The first-order valence-electron chi connectivity index (χ1n) is 28.5. The molecule has 0 aromatic heterocycles. The highest BCUT2D eigenvalue weighted by atomic mass is 16.3. The van der Waals surface area contributed by atoms with Gasteiger partial charge in [-0.3, -0.25) is 4.79 Å². The highest BCUT2D eigenvalue weighted by Gasteiger charge is 2.22. The number of nitrogens with one attached hydrogen (secondary N) is 1. The SMILES string of the molecule is CCCC/C=C/CC/C=C/CC/C=C/C(O)C(CO)NC(=O)C(O)CCCCCCCCCCCCCCCCCC/C=C\CCCCCCCCCCCCCCCCCCCC.